The van der Waals surface area contributed by atoms with Crippen molar-refractivity contribution in [2.45, 2.75) is 31.2 Å². The zero-order chi connectivity index (χ0) is 10.8. The number of alkyl halides is 4. The average molecular weight is 215 g/mol. The Bertz CT molecular complexity index is 186. The summed E-state index contributed by atoms with van der Waals surface area (Å²) in [4.78, 5) is 0. The van der Waals surface area contributed by atoms with Gasteiger partial charge in [0.2, 0.25) is 5.67 Å². The molecule has 0 aliphatic carbocycles. The van der Waals surface area contributed by atoms with Crippen LogP contribution in [0.3, 0.4) is 0 Å². The molecule has 2 nitrogen and oxygen atoms in total. The van der Waals surface area contributed by atoms with Crippen LogP contribution in [0.2, 0.25) is 0 Å². The lowest BCUT2D eigenvalue weighted by molar-refractivity contribution is -0.228. The summed E-state index contributed by atoms with van der Waals surface area (Å²) in [5.41, 5.74) is -3.15. The SMILES string of the molecule is CC(F)(CC1COCCN1)C(F)(F)F. The van der Waals surface area contributed by atoms with Crippen LogP contribution in [0.15, 0.2) is 0 Å². The Morgan fingerprint density at radius 2 is 2.00 bits per heavy atom. The van der Waals surface area contributed by atoms with Crippen molar-refractivity contribution in [1.29, 1.82) is 0 Å². The molecule has 0 amide bonds. The number of halogens is 4. The fourth-order valence-corrected chi connectivity index (χ4v) is 1.33. The van der Waals surface area contributed by atoms with Crippen molar-refractivity contribution in [2.24, 2.45) is 0 Å². The van der Waals surface area contributed by atoms with Gasteiger partial charge in [-0.3, -0.25) is 0 Å². The summed E-state index contributed by atoms with van der Waals surface area (Å²) in [5.74, 6) is 0. The van der Waals surface area contributed by atoms with Crippen molar-refractivity contribution in [3.63, 3.8) is 0 Å². The Morgan fingerprint density at radius 3 is 2.43 bits per heavy atom. The minimum absolute atomic E-state index is 0.135. The fraction of sp³-hybridized carbons (Fsp3) is 1.00. The number of rotatable bonds is 2. The molecule has 0 aromatic heterocycles. The second-order valence-electron chi connectivity index (χ2n) is 3.63. The van der Waals surface area contributed by atoms with E-state index >= 15 is 0 Å². The Morgan fingerprint density at radius 1 is 1.36 bits per heavy atom. The zero-order valence-electron chi connectivity index (χ0n) is 7.83. The maximum absolute atomic E-state index is 13.2. The molecule has 0 saturated carbocycles. The molecule has 0 aromatic rings. The minimum atomic E-state index is -4.81. The number of nitrogens with one attached hydrogen (secondary N) is 1. The van der Waals surface area contributed by atoms with Crippen molar-refractivity contribution in [1.82, 2.24) is 5.32 Å². The molecular formula is C8H13F4NO. The second-order valence-corrected chi connectivity index (χ2v) is 3.63. The number of ether oxygens (including phenoxy) is 1. The summed E-state index contributed by atoms with van der Waals surface area (Å²) in [6.45, 7) is 1.63. The van der Waals surface area contributed by atoms with Crippen molar-refractivity contribution < 1.29 is 22.3 Å². The van der Waals surface area contributed by atoms with Gasteiger partial charge in [0.25, 0.3) is 0 Å². The summed E-state index contributed by atoms with van der Waals surface area (Å²) in [6, 6.07) is -0.555. The Hall–Kier alpha value is -0.360. The molecular weight excluding hydrogens is 202 g/mol. The molecule has 1 aliphatic rings. The van der Waals surface area contributed by atoms with Crippen LogP contribution in [0.4, 0.5) is 17.6 Å². The third kappa shape index (κ3) is 2.81. The quantitative estimate of drug-likeness (QED) is 0.707. The predicted molar refractivity (Wildman–Crippen MR) is 42.8 cm³/mol. The van der Waals surface area contributed by atoms with Gasteiger partial charge in [-0.25, -0.2) is 4.39 Å². The van der Waals surface area contributed by atoms with Crippen LogP contribution in [-0.4, -0.2) is 37.6 Å². The van der Waals surface area contributed by atoms with Crippen LogP contribution >= 0.6 is 0 Å². The fourth-order valence-electron chi connectivity index (χ4n) is 1.33. The number of morpholine rings is 1. The van der Waals surface area contributed by atoms with E-state index in [2.05, 4.69) is 5.32 Å². The van der Waals surface area contributed by atoms with E-state index in [9.17, 15) is 17.6 Å². The Balaban J connectivity index is 2.49. The van der Waals surface area contributed by atoms with E-state index in [0.717, 1.165) is 0 Å². The molecule has 1 saturated heterocycles. The first-order valence-electron chi connectivity index (χ1n) is 4.40. The predicted octanol–water partition coefficient (Wildman–Crippen LogP) is 1.66. The van der Waals surface area contributed by atoms with Gasteiger partial charge in [0.05, 0.1) is 13.2 Å². The topological polar surface area (TPSA) is 21.3 Å². The highest BCUT2D eigenvalue weighted by atomic mass is 19.4. The van der Waals surface area contributed by atoms with Gasteiger partial charge in [-0.1, -0.05) is 0 Å². The zero-order valence-corrected chi connectivity index (χ0v) is 7.83. The van der Waals surface area contributed by atoms with Gasteiger partial charge >= 0.3 is 6.18 Å². The van der Waals surface area contributed by atoms with E-state index in [1.165, 1.54) is 0 Å². The normalized spacial score (nSPS) is 28.5. The van der Waals surface area contributed by atoms with Crippen LogP contribution in [-0.2, 0) is 4.74 Å². The summed E-state index contributed by atoms with van der Waals surface area (Å²) in [5, 5.41) is 2.78. The van der Waals surface area contributed by atoms with Crippen molar-refractivity contribution >= 4 is 0 Å². The van der Waals surface area contributed by atoms with Crippen molar-refractivity contribution in [3.05, 3.63) is 0 Å². The molecule has 1 heterocycles. The van der Waals surface area contributed by atoms with Crippen LogP contribution in [0.1, 0.15) is 13.3 Å². The van der Waals surface area contributed by atoms with Crippen LogP contribution in [0, 0.1) is 0 Å². The average Bonchev–Trinajstić information content (AvgIpc) is 2.03. The Kier molecular flexibility index (Phi) is 3.36. The van der Waals surface area contributed by atoms with E-state index in [-0.39, 0.29) is 6.61 Å². The standard InChI is InChI=1S/C8H13F4NO/c1-7(9,8(10,11)12)4-6-5-14-3-2-13-6/h6,13H,2-5H2,1H3. The van der Waals surface area contributed by atoms with E-state index in [4.69, 9.17) is 4.74 Å². The van der Waals surface area contributed by atoms with Crippen molar-refractivity contribution in [2.75, 3.05) is 19.8 Å². The third-order valence-corrected chi connectivity index (χ3v) is 2.22. The molecule has 6 heteroatoms. The number of hydrogen-bond donors (Lipinski definition) is 1. The van der Waals surface area contributed by atoms with Gasteiger partial charge in [0, 0.05) is 19.0 Å². The largest absolute Gasteiger partial charge is 0.422 e. The molecule has 0 aromatic carbocycles. The molecule has 1 aliphatic heterocycles. The van der Waals surface area contributed by atoms with Gasteiger partial charge < -0.3 is 10.1 Å². The summed E-state index contributed by atoms with van der Waals surface area (Å²) >= 11 is 0. The molecule has 1 rings (SSSR count). The molecule has 0 radical (unpaired) electrons. The molecule has 2 atom stereocenters. The molecule has 14 heavy (non-hydrogen) atoms. The van der Waals surface area contributed by atoms with Crippen LogP contribution < -0.4 is 5.32 Å². The van der Waals surface area contributed by atoms with Crippen molar-refractivity contribution in [3.8, 4) is 0 Å². The smallest absolute Gasteiger partial charge is 0.379 e. The van der Waals surface area contributed by atoms with Gasteiger partial charge in [-0.05, 0) is 6.92 Å². The number of hydrogen-bond acceptors (Lipinski definition) is 2. The highest BCUT2D eigenvalue weighted by Crippen LogP contribution is 2.37. The monoisotopic (exact) mass is 215 g/mol. The van der Waals surface area contributed by atoms with E-state index < -0.39 is 24.3 Å². The highest BCUT2D eigenvalue weighted by molar-refractivity contribution is 4.88. The lowest BCUT2D eigenvalue weighted by Gasteiger charge is -2.31. The van der Waals surface area contributed by atoms with E-state index in [1.54, 1.807) is 0 Å². The van der Waals surface area contributed by atoms with E-state index in [1.807, 2.05) is 0 Å². The summed E-state index contributed by atoms with van der Waals surface area (Å²) in [7, 11) is 0. The second kappa shape index (κ2) is 4.02. The van der Waals surface area contributed by atoms with Gasteiger partial charge in [0.15, 0.2) is 0 Å². The lowest BCUT2D eigenvalue weighted by atomic mass is 9.98. The van der Waals surface area contributed by atoms with Crippen LogP contribution in [0.5, 0.6) is 0 Å². The first-order chi connectivity index (χ1) is 6.33. The molecule has 0 bridgehead atoms. The van der Waals surface area contributed by atoms with Gasteiger partial charge in [0.1, 0.15) is 0 Å². The Labute approximate surface area is 79.6 Å². The molecule has 1 fully saturated rings. The van der Waals surface area contributed by atoms with Gasteiger partial charge in [-0.15, -0.1) is 0 Å². The first-order valence-corrected chi connectivity index (χ1v) is 4.40. The minimum Gasteiger partial charge on any atom is -0.379 e. The molecule has 1 N–H and O–H groups in total. The third-order valence-electron chi connectivity index (χ3n) is 2.22. The maximum Gasteiger partial charge on any atom is 0.422 e. The molecule has 84 valence electrons. The molecule has 0 spiro atoms. The highest BCUT2D eigenvalue weighted by Gasteiger charge is 2.52. The molecule has 2 unspecified atom stereocenters. The summed E-state index contributed by atoms with van der Waals surface area (Å²) < 4.78 is 54.5. The summed E-state index contributed by atoms with van der Waals surface area (Å²) in [6.07, 6.45) is -5.41. The van der Waals surface area contributed by atoms with Crippen LogP contribution in [0.25, 0.3) is 0 Å². The lowest BCUT2D eigenvalue weighted by Crippen LogP contribution is -2.49. The van der Waals surface area contributed by atoms with Gasteiger partial charge in [-0.2, -0.15) is 13.2 Å². The maximum atomic E-state index is 13.2. The first kappa shape index (κ1) is 11.7. The van der Waals surface area contributed by atoms with E-state index in [0.29, 0.717) is 20.1 Å².